The summed E-state index contributed by atoms with van der Waals surface area (Å²) in [5.41, 5.74) is 2.11. The molecule has 0 aliphatic rings. The first kappa shape index (κ1) is 23.7. The normalized spacial score (nSPS) is 11.5. The van der Waals surface area contributed by atoms with Crippen LogP contribution in [0.2, 0.25) is 5.02 Å². The number of methoxy groups -OCH3 is 2. The molecule has 9 nitrogen and oxygen atoms in total. The van der Waals surface area contributed by atoms with Gasteiger partial charge >= 0.3 is 6.03 Å². The van der Waals surface area contributed by atoms with E-state index in [0.717, 1.165) is 17.2 Å². The van der Waals surface area contributed by atoms with E-state index in [1.807, 2.05) is 32.4 Å². The van der Waals surface area contributed by atoms with E-state index in [-0.39, 0.29) is 28.5 Å². The molecule has 1 aromatic heterocycles. The summed E-state index contributed by atoms with van der Waals surface area (Å²) in [6.45, 7) is 7.81. The van der Waals surface area contributed by atoms with Crippen LogP contribution in [0.25, 0.3) is 0 Å². The number of rotatable bonds is 7. The van der Waals surface area contributed by atoms with Gasteiger partial charge in [0.15, 0.2) is 4.90 Å². The number of hydrogen-bond acceptors (Lipinski definition) is 7. The molecule has 0 saturated carbocycles. The molecule has 0 saturated heterocycles. The lowest BCUT2D eigenvalue weighted by Crippen LogP contribution is -2.35. The molecule has 0 fully saturated rings. The number of anilines is 1. The lowest BCUT2D eigenvalue weighted by atomic mass is 9.92. The van der Waals surface area contributed by atoms with E-state index in [4.69, 9.17) is 21.1 Å². The first-order chi connectivity index (χ1) is 14.0. The average Bonchev–Trinajstić information content (AvgIpc) is 2.67. The Labute approximate surface area is 181 Å². The van der Waals surface area contributed by atoms with E-state index in [0.29, 0.717) is 10.7 Å². The minimum absolute atomic E-state index is 0.0431. The number of carbonyl (C=O) groups excluding carboxylic acids is 1. The van der Waals surface area contributed by atoms with Crippen molar-refractivity contribution in [3.05, 3.63) is 34.3 Å². The molecular formula is C19H25ClN4O5S. The smallest absolute Gasteiger partial charge is 0.333 e. The summed E-state index contributed by atoms with van der Waals surface area (Å²) in [6.07, 6.45) is 0. The fourth-order valence-corrected chi connectivity index (χ4v) is 4.05. The van der Waals surface area contributed by atoms with E-state index in [1.165, 1.54) is 14.2 Å². The van der Waals surface area contributed by atoms with Crippen LogP contribution in [0.1, 0.15) is 50.7 Å². The van der Waals surface area contributed by atoms with Gasteiger partial charge in [0, 0.05) is 16.8 Å². The van der Waals surface area contributed by atoms with E-state index in [2.05, 4.69) is 15.5 Å². The van der Waals surface area contributed by atoms with Crippen molar-refractivity contribution in [2.75, 3.05) is 19.5 Å². The second kappa shape index (κ2) is 9.48. The zero-order valence-electron chi connectivity index (χ0n) is 17.6. The monoisotopic (exact) mass is 456 g/mol. The Balaban J connectivity index is 2.41. The molecule has 2 aromatic rings. The summed E-state index contributed by atoms with van der Waals surface area (Å²) in [6, 6.07) is 3.69. The van der Waals surface area contributed by atoms with Gasteiger partial charge in [-0.25, -0.2) is 17.9 Å². The summed E-state index contributed by atoms with van der Waals surface area (Å²) in [7, 11) is -1.77. The molecular weight excluding hydrogens is 432 g/mol. The Morgan fingerprint density at radius 3 is 2.03 bits per heavy atom. The molecule has 0 radical (unpaired) electrons. The molecule has 30 heavy (non-hydrogen) atoms. The van der Waals surface area contributed by atoms with Crippen LogP contribution in [0.15, 0.2) is 23.1 Å². The van der Waals surface area contributed by atoms with Gasteiger partial charge in [0.25, 0.3) is 15.9 Å². The van der Waals surface area contributed by atoms with Gasteiger partial charge in [0.1, 0.15) is 0 Å². The minimum atomic E-state index is -4.32. The van der Waals surface area contributed by atoms with Crippen LogP contribution in [0, 0.1) is 0 Å². The van der Waals surface area contributed by atoms with Crippen LogP contribution in [-0.4, -0.2) is 38.9 Å². The number of ether oxygens (including phenoxy) is 2. The maximum Gasteiger partial charge on any atom is 0.333 e. The third-order valence-electron chi connectivity index (χ3n) is 4.27. The number of sulfonamides is 1. The lowest BCUT2D eigenvalue weighted by molar-refractivity contribution is 0.256. The number of benzene rings is 1. The zero-order valence-corrected chi connectivity index (χ0v) is 19.2. The van der Waals surface area contributed by atoms with Gasteiger partial charge in [-0.3, -0.25) is 0 Å². The predicted octanol–water partition coefficient (Wildman–Crippen LogP) is 3.90. The molecule has 1 heterocycles. The third-order valence-corrected chi connectivity index (χ3v) is 5.81. The maximum absolute atomic E-state index is 12.8. The van der Waals surface area contributed by atoms with Crippen molar-refractivity contribution in [3.63, 3.8) is 0 Å². The van der Waals surface area contributed by atoms with Gasteiger partial charge in [-0.2, -0.15) is 0 Å². The number of halogens is 1. The van der Waals surface area contributed by atoms with Crippen molar-refractivity contribution in [2.24, 2.45) is 0 Å². The first-order valence-corrected chi connectivity index (χ1v) is 11.0. The zero-order chi connectivity index (χ0) is 22.6. The molecule has 164 valence electrons. The molecule has 2 rings (SSSR count). The minimum Gasteiger partial charge on any atom is -0.480 e. The fourth-order valence-electron chi connectivity index (χ4n) is 2.80. The Kier molecular flexibility index (Phi) is 7.49. The number of nitrogens with zero attached hydrogens (tertiary/aromatic N) is 2. The van der Waals surface area contributed by atoms with Crippen molar-refractivity contribution in [1.29, 1.82) is 0 Å². The summed E-state index contributed by atoms with van der Waals surface area (Å²) in [5, 5.41) is 10.5. The molecule has 0 atom stereocenters. The molecule has 11 heteroatoms. The van der Waals surface area contributed by atoms with E-state index in [9.17, 15) is 13.2 Å². The Morgan fingerprint density at radius 2 is 1.57 bits per heavy atom. The highest BCUT2D eigenvalue weighted by Gasteiger charge is 2.26. The van der Waals surface area contributed by atoms with Crippen LogP contribution in [0.5, 0.6) is 11.8 Å². The molecule has 0 aliphatic carbocycles. The molecule has 2 N–H and O–H groups in total. The second-order valence-corrected chi connectivity index (χ2v) is 9.18. The van der Waals surface area contributed by atoms with Crippen LogP contribution < -0.4 is 19.5 Å². The van der Waals surface area contributed by atoms with Crippen molar-refractivity contribution in [3.8, 4) is 11.8 Å². The van der Waals surface area contributed by atoms with Crippen molar-refractivity contribution in [2.45, 2.75) is 44.4 Å². The molecule has 1 aromatic carbocycles. The Morgan fingerprint density at radius 1 is 1.00 bits per heavy atom. The highest BCUT2D eigenvalue weighted by Crippen LogP contribution is 2.35. The van der Waals surface area contributed by atoms with Crippen LogP contribution in [-0.2, 0) is 10.0 Å². The second-order valence-electron chi connectivity index (χ2n) is 7.09. The fraction of sp³-hybridized carbons (Fsp3) is 0.421. The van der Waals surface area contributed by atoms with Gasteiger partial charge in [-0.15, -0.1) is 10.2 Å². The highest BCUT2D eigenvalue weighted by atomic mass is 35.5. The number of aromatic nitrogens is 2. The van der Waals surface area contributed by atoms with Crippen molar-refractivity contribution >= 4 is 33.3 Å². The summed E-state index contributed by atoms with van der Waals surface area (Å²) in [4.78, 5) is 12.3. The number of carbonyl (C=O) groups is 1. The topological polar surface area (TPSA) is 120 Å². The maximum atomic E-state index is 12.8. The first-order valence-electron chi connectivity index (χ1n) is 9.13. The third kappa shape index (κ3) is 5.31. The Hall–Kier alpha value is -2.59. The average molecular weight is 457 g/mol. The molecule has 0 aliphatic heterocycles. The quantitative estimate of drug-likeness (QED) is 0.648. The number of hydrogen-bond donors (Lipinski definition) is 2. The van der Waals surface area contributed by atoms with E-state index >= 15 is 0 Å². The van der Waals surface area contributed by atoms with Crippen molar-refractivity contribution < 1.29 is 22.7 Å². The van der Waals surface area contributed by atoms with Gasteiger partial charge in [-0.05, 0) is 35.1 Å². The predicted molar refractivity (Wildman–Crippen MR) is 114 cm³/mol. The summed E-state index contributed by atoms with van der Waals surface area (Å²) >= 11 is 6.23. The van der Waals surface area contributed by atoms with E-state index in [1.54, 1.807) is 12.1 Å². The molecule has 2 amide bonds. The molecule has 0 bridgehead atoms. The SMILES string of the molecule is COc1cc(S(=O)(=O)NC(=O)Nc2c(C(C)C)cc(Cl)cc2C(C)C)c(OC)nn1. The van der Waals surface area contributed by atoms with Crippen molar-refractivity contribution in [1.82, 2.24) is 14.9 Å². The van der Waals surface area contributed by atoms with Gasteiger partial charge in [0.05, 0.1) is 14.2 Å². The van der Waals surface area contributed by atoms with E-state index < -0.39 is 16.1 Å². The van der Waals surface area contributed by atoms with Gasteiger partial charge in [-0.1, -0.05) is 39.3 Å². The summed E-state index contributed by atoms with van der Waals surface area (Å²) in [5.74, 6) is -0.226. The van der Waals surface area contributed by atoms with Crippen LogP contribution in [0.4, 0.5) is 10.5 Å². The van der Waals surface area contributed by atoms with Crippen LogP contribution in [0.3, 0.4) is 0 Å². The standard InChI is InChI=1S/C19H25ClN4O5S/c1-10(2)13-7-12(20)8-14(11(3)4)17(13)21-19(25)24-30(26,27)15-9-16(28-5)22-23-18(15)29-6/h7-11H,1-6H3,(H2,21,24,25). The largest absolute Gasteiger partial charge is 0.480 e. The Bertz CT molecular complexity index is 1010. The van der Waals surface area contributed by atoms with Crippen LogP contribution >= 0.6 is 11.6 Å². The summed E-state index contributed by atoms with van der Waals surface area (Å²) < 4.78 is 37.4. The number of amides is 2. The molecule has 0 unspecified atom stereocenters. The highest BCUT2D eigenvalue weighted by molar-refractivity contribution is 7.90. The van der Waals surface area contributed by atoms with Gasteiger partial charge in [0.2, 0.25) is 5.88 Å². The van der Waals surface area contributed by atoms with Gasteiger partial charge < -0.3 is 14.8 Å². The lowest BCUT2D eigenvalue weighted by Gasteiger charge is -2.21. The number of urea groups is 1. The number of nitrogens with one attached hydrogen (secondary N) is 2. The molecule has 0 spiro atoms.